The first kappa shape index (κ1) is 17.9. The summed E-state index contributed by atoms with van der Waals surface area (Å²) in [6.07, 6.45) is -4.54. The van der Waals surface area contributed by atoms with Crippen LogP contribution in [-0.2, 0) is 15.1 Å². The SMILES string of the molecule is CCOC(=O)C(C)(NCC(F)(F)F)c1ccc(Br)cc1F. The third kappa shape index (κ3) is 4.67. The van der Waals surface area contributed by atoms with Crippen molar-refractivity contribution < 1.29 is 27.1 Å². The van der Waals surface area contributed by atoms with E-state index in [-0.39, 0.29) is 12.2 Å². The van der Waals surface area contributed by atoms with Gasteiger partial charge in [0.2, 0.25) is 0 Å². The number of rotatable bonds is 5. The molecular formula is C13H14BrF4NO2. The zero-order valence-electron chi connectivity index (χ0n) is 11.4. The lowest BCUT2D eigenvalue weighted by atomic mass is 9.91. The maximum absolute atomic E-state index is 14.0. The van der Waals surface area contributed by atoms with Crippen molar-refractivity contribution in [2.24, 2.45) is 0 Å². The van der Waals surface area contributed by atoms with E-state index in [1.807, 2.05) is 5.32 Å². The van der Waals surface area contributed by atoms with Crippen LogP contribution in [0.3, 0.4) is 0 Å². The Kier molecular flexibility index (Phi) is 5.75. The zero-order chi connectivity index (χ0) is 16.3. The lowest BCUT2D eigenvalue weighted by molar-refractivity contribution is -0.155. The molecule has 0 spiro atoms. The Labute approximate surface area is 127 Å². The molecule has 0 aliphatic rings. The van der Waals surface area contributed by atoms with E-state index in [1.165, 1.54) is 19.1 Å². The summed E-state index contributed by atoms with van der Waals surface area (Å²) in [5.74, 6) is -1.79. The third-order valence-electron chi connectivity index (χ3n) is 2.80. The van der Waals surface area contributed by atoms with Gasteiger partial charge in [0.1, 0.15) is 11.4 Å². The topological polar surface area (TPSA) is 38.3 Å². The monoisotopic (exact) mass is 371 g/mol. The molecule has 1 aromatic carbocycles. The Bertz CT molecular complexity index is 521. The number of ether oxygens (including phenoxy) is 1. The molecule has 1 aromatic rings. The Morgan fingerprint density at radius 2 is 2.00 bits per heavy atom. The van der Waals surface area contributed by atoms with Crippen molar-refractivity contribution in [2.75, 3.05) is 13.2 Å². The van der Waals surface area contributed by atoms with Crippen LogP contribution in [0.5, 0.6) is 0 Å². The Morgan fingerprint density at radius 1 is 1.38 bits per heavy atom. The maximum Gasteiger partial charge on any atom is 0.401 e. The van der Waals surface area contributed by atoms with Crippen LogP contribution in [0, 0.1) is 5.82 Å². The summed E-state index contributed by atoms with van der Waals surface area (Å²) in [4.78, 5) is 12.0. The summed E-state index contributed by atoms with van der Waals surface area (Å²) in [7, 11) is 0. The van der Waals surface area contributed by atoms with Crippen LogP contribution in [0.1, 0.15) is 19.4 Å². The van der Waals surface area contributed by atoms with E-state index < -0.39 is 30.0 Å². The molecule has 21 heavy (non-hydrogen) atoms. The second-order valence-electron chi connectivity index (χ2n) is 4.44. The molecular weight excluding hydrogens is 358 g/mol. The number of nitrogens with one attached hydrogen (secondary N) is 1. The van der Waals surface area contributed by atoms with E-state index >= 15 is 0 Å². The molecule has 0 amide bonds. The number of carbonyl (C=O) groups excluding carboxylic acids is 1. The van der Waals surface area contributed by atoms with Crippen molar-refractivity contribution in [1.82, 2.24) is 5.32 Å². The number of carbonyl (C=O) groups is 1. The minimum atomic E-state index is -4.54. The highest BCUT2D eigenvalue weighted by molar-refractivity contribution is 9.10. The molecule has 0 bridgehead atoms. The minimum Gasteiger partial charge on any atom is -0.464 e. The number of alkyl halides is 3. The van der Waals surface area contributed by atoms with Gasteiger partial charge in [-0.25, -0.2) is 9.18 Å². The summed E-state index contributed by atoms with van der Waals surface area (Å²) in [6.45, 7) is 1.20. The summed E-state index contributed by atoms with van der Waals surface area (Å²) < 4.78 is 56.4. The predicted molar refractivity (Wildman–Crippen MR) is 72.1 cm³/mol. The molecule has 1 unspecified atom stereocenters. The van der Waals surface area contributed by atoms with Gasteiger partial charge in [0.05, 0.1) is 13.2 Å². The molecule has 118 valence electrons. The molecule has 0 saturated heterocycles. The fourth-order valence-corrected chi connectivity index (χ4v) is 2.06. The molecule has 1 atom stereocenters. The number of halogens is 5. The highest BCUT2D eigenvalue weighted by Gasteiger charge is 2.42. The molecule has 3 nitrogen and oxygen atoms in total. The van der Waals surface area contributed by atoms with Gasteiger partial charge in [0.25, 0.3) is 0 Å². The van der Waals surface area contributed by atoms with E-state index in [2.05, 4.69) is 15.9 Å². The first-order valence-corrected chi connectivity index (χ1v) is 6.84. The van der Waals surface area contributed by atoms with Gasteiger partial charge in [-0.2, -0.15) is 13.2 Å². The van der Waals surface area contributed by atoms with Gasteiger partial charge in [-0.3, -0.25) is 5.32 Å². The van der Waals surface area contributed by atoms with Crippen molar-refractivity contribution in [3.05, 3.63) is 34.1 Å². The van der Waals surface area contributed by atoms with Crippen molar-refractivity contribution in [2.45, 2.75) is 25.6 Å². The standard InChI is InChI=1S/C13H14BrF4NO2/c1-3-21-11(20)12(2,19-7-13(16,17)18)9-5-4-8(14)6-10(9)15/h4-6,19H,3,7H2,1-2H3. The minimum absolute atomic E-state index is 0.0275. The van der Waals surface area contributed by atoms with E-state index in [4.69, 9.17) is 4.74 Å². The van der Waals surface area contributed by atoms with E-state index in [0.29, 0.717) is 4.47 Å². The van der Waals surface area contributed by atoms with Gasteiger partial charge < -0.3 is 4.74 Å². The van der Waals surface area contributed by atoms with Crippen LogP contribution in [0.15, 0.2) is 22.7 Å². The van der Waals surface area contributed by atoms with Crippen LogP contribution in [-0.4, -0.2) is 25.3 Å². The average Bonchev–Trinajstić information content (AvgIpc) is 2.35. The summed E-state index contributed by atoms with van der Waals surface area (Å²) in [6, 6.07) is 3.74. The summed E-state index contributed by atoms with van der Waals surface area (Å²) >= 11 is 3.04. The van der Waals surface area contributed by atoms with E-state index in [1.54, 1.807) is 0 Å². The fourth-order valence-electron chi connectivity index (χ4n) is 1.72. The molecule has 8 heteroatoms. The van der Waals surface area contributed by atoms with Gasteiger partial charge in [-0.1, -0.05) is 22.0 Å². The zero-order valence-corrected chi connectivity index (χ0v) is 12.9. The molecule has 1 N–H and O–H groups in total. The Morgan fingerprint density at radius 3 is 2.48 bits per heavy atom. The molecule has 0 aliphatic heterocycles. The smallest absolute Gasteiger partial charge is 0.401 e. The Balaban J connectivity index is 3.20. The molecule has 0 fully saturated rings. The van der Waals surface area contributed by atoms with E-state index in [0.717, 1.165) is 13.0 Å². The normalized spacial score (nSPS) is 14.6. The van der Waals surface area contributed by atoms with Crippen LogP contribution in [0.25, 0.3) is 0 Å². The lowest BCUT2D eigenvalue weighted by Gasteiger charge is -2.30. The Hall–Kier alpha value is -1.15. The second kappa shape index (κ2) is 6.74. The van der Waals surface area contributed by atoms with Crippen LogP contribution in [0.2, 0.25) is 0 Å². The largest absolute Gasteiger partial charge is 0.464 e. The number of hydrogen-bond donors (Lipinski definition) is 1. The molecule has 0 radical (unpaired) electrons. The van der Waals surface area contributed by atoms with Gasteiger partial charge in [0, 0.05) is 10.0 Å². The molecule has 0 saturated carbocycles. The van der Waals surface area contributed by atoms with Crippen LogP contribution >= 0.6 is 15.9 Å². The summed E-state index contributed by atoms with van der Waals surface area (Å²) in [5.41, 5.74) is -2.15. The van der Waals surface area contributed by atoms with Crippen molar-refractivity contribution in [1.29, 1.82) is 0 Å². The molecule has 0 aliphatic carbocycles. The number of benzene rings is 1. The first-order valence-electron chi connectivity index (χ1n) is 6.04. The highest BCUT2D eigenvalue weighted by atomic mass is 79.9. The number of esters is 1. The van der Waals surface area contributed by atoms with Crippen LogP contribution in [0.4, 0.5) is 17.6 Å². The van der Waals surface area contributed by atoms with E-state index in [9.17, 15) is 22.4 Å². The van der Waals surface area contributed by atoms with Crippen molar-refractivity contribution in [3.8, 4) is 0 Å². The summed E-state index contributed by atoms with van der Waals surface area (Å²) in [5, 5.41) is 2.04. The highest BCUT2D eigenvalue weighted by Crippen LogP contribution is 2.28. The molecule has 0 heterocycles. The van der Waals surface area contributed by atoms with Gasteiger partial charge in [-0.05, 0) is 26.0 Å². The second-order valence-corrected chi connectivity index (χ2v) is 5.35. The average molecular weight is 372 g/mol. The van der Waals surface area contributed by atoms with Gasteiger partial charge >= 0.3 is 12.1 Å². The number of hydrogen-bond acceptors (Lipinski definition) is 3. The molecule has 0 aromatic heterocycles. The van der Waals surface area contributed by atoms with Crippen LogP contribution < -0.4 is 5.32 Å². The predicted octanol–water partition coefficient (Wildman–Crippen LogP) is 3.52. The lowest BCUT2D eigenvalue weighted by Crippen LogP contribution is -2.51. The maximum atomic E-state index is 14.0. The first-order chi connectivity index (χ1) is 9.60. The molecule has 1 rings (SSSR count). The van der Waals surface area contributed by atoms with Crippen molar-refractivity contribution >= 4 is 21.9 Å². The van der Waals surface area contributed by atoms with Gasteiger partial charge in [-0.15, -0.1) is 0 Å². The quantitative estimate of drug-likeness (QED) is 0.635. The van der Waals surface area contributed by atoms with Gasteiger partial charge in [0.15, 0.2) is 0 Å². The third-order valence-corrected chi connectivity index (χ3v) is 3.29. The fraction of sp³-hybridized carbons (Fsp3) is 0.462. The van der Waals surface area contributed by atoms with Crippen molar-refractivity contribution in [3.63, 3.8) is 0 Å².